The number of carboxylic acids is 1. The van der Waals surface area contributed by atoms with Gasteiger partial charge in [0.05, 0.1) is 12.7 Å². The van der Waals surface area contributed by atoms with Crippen molar-refractivity contribution in [3.63, 3.8) is 0 Å². The molecule has 2 heterocycles. The summed E-state index contributed by atoms with van der Waals surface area (Å²) in [6.45, 7) is 28.6. The minimum atomic E-state index is -3.62. The molecular weight excluding hydrogens is 653 g/mol. The first-order valence-electron chi connectivity index (χ1n) is 16.2. The van der Waals surface area contributed by atoms with Gasteiger partial charge < -0.3 is 39.3 Å². The number of nitrogens with one attached hydrogen (secondary N) is 1. The monoisotopic (exact) mass is 733 g/mol. The molecule has 2 unspecified atom stereocenters. The lowest BCUT2D eigenvalue weighted by Crippen LogP contribution is -2.33. The number of H-pyrrole nitrogens is 1. The molecule has 4 N–H and O–H groups in total. The number of aliphatic carboxylic acids is 1. The maximum Gasteiger partial charge on any atom is 0.330 e. The summed E-state index contributed by atoms with van der Waals surface area (Å²) in [5, 5.41) is 8.89. The SMILES string of the molecule is C.C.C#CCCC.CC.CC.CC.CC.CC.CC(=O)[O-].CC(C)=O.CN.COC1C[C@H](n2cc(C)c(=O)[nH]c2=O)O[C@@H]1COP(C)(=O)O. The van der Waals surface area contributed by atoms with E-state index in [0.29, 0.717) is 12.0 Å². The number of aromatic amines is 1. The molecule has 49 heavy (non-hydrogen) atoms. The molecule has 0 bridgehead atoms. The van der Waals surface area contributed by atoms with Crippen LogP contribution in [0.15, 0.2) is 15.8 Å². The number of terminal acetylenes is 1. The Morgan fingerprint density at radius 3 is 1.69 bits per heavy atom. The van der Waals surface area contributed by atoms with Gasteiger partial charge in [0.15, 0.2) is 0 Å². The molecule has 0 amide bonds. The fraction of sp³-hybridized carbons (Fsp3) is 0.771. The van der Waals surface area contributed by atoms with Crippen LogP contribution in [0.5, 0.6) is 0 Å². The standard InChI is InChI=1S/C12H19N2O7P.C5H8.C3H6O.C2H4O2.5C2H6.CH5N.2CH4/c1-7-5-14(12(16)13-11(7)15)10-4-8(19-2)9(21-10)6-20-22(3,17)18;1-3-5-4-2;1-3(2)4;1-2(3)4;6*1-2;;/h5,8-10H,4,6H2,1-3H3,(H,17,18)(H,13,15,16);1H,4-5H2,2H3;1-2H3;1H3,(H,3,4);5*1-2H3;2H2,1H3;2*1H4/p-1/t8?,9-,10-;;;;;;;;;;;/m1.........../s1. The van der Waals surface area contributed by atoms with Crippen LogP contribution in [0.25, 0.3) is 0 Å². The van der Waals surface area contributed by atoms with Crippen molar-refractivity contribution in [3.8, 4) is 12.3 Å². The highest BCUT2D eigenvalue weighted by Gasteiger charge is 2.38. The Balaban J connectivity index is -0.0000000587. The first-order chi connectivity index (χ1) is 22.1. The third-order valence-corrected chi connectivity index (χ3v) is 4.44. The number of methoxy groups -OCH3 is 1. The van der Waals surface area contributed by atoms with E-state index in [1.54, 1.807) is 6.92 Å². The highest BCUT2D eigenvalue weighted by atomic mass is 31.2. The predicted octanol–water partition coefficient (Wildman–Crippen LogP) is 6.73. The summed E-state index contributed by atoms with van der Waals surface area (Å²) in [6.07, 6.45) is 7.06. The van der Waals surface area contributed by atoms with Crippen LogP contribution < -0.4 is 22.1 Å². The number of aromatic nitrogens is 2. The molecule has 2 rings (SSSR count). The van der Waals surface area contributed by atoms with Crippen molar-refractivity contribution in [1.29, 1.82) is 0 Å². The van der Waals surface area contributed by atoms with Crippen LogP contribution in [-0.4, -0.2) is 65.8 Å². The van der Waals surface area contributed by atoms with Gasteiger partial charge >= 0.3 is 13.3 Å². The van der Waals surface area contributed by atoms with Crippen LogP contribution in [0.2, 0.25) is 0 Å². The number of ketones is 1. The minimum absolute atomic E-state index is 0. The van der Waals surface area contributed by atoms with E-state index in [1.165, 1.54) is 38.8 Å². The summed E-state index contributed by atoms with van der Waals surface area (Å²) in [7, 11) is -0.641. The van der Waals surface area contributed by atoms with Gasteiger partial charge in [-0.25, -0.2) is 4.79 Å². The maximum atomic E-state index is 11.9. The van der Waals surface area contributed by atoms with E-state index >= 15 is 0 Å². The zero-order chi connectivity index (χ0) is 39.8. The van der Waals surface area contributed by atoms with Crippen LogP contribution >= 0.6 is 7.60 Å². The van der Waals surface area contributed by atoms with Crippen LogP contribution in [0.1, 0.15) is 143 Å². The quantitative estimate of drug-likeness (QED) is 0.207. The van der Waals surface area contributed by atoms with E-state index in [-0.39, 0.29) is 27.2 Å². The van der Waals surface area contributed by atoms with E-state index in [2.05, 4.69) is 23.6 Å². The number of Topliss-reactive ketones (excluding diaryl/α,β-unsaturated/α-hetero) is 1. The first kappa shape index (κ1) is 72.2. The predicted molar refractivity (Wildman–Crippen MR) is 208 cm³/mol. The molecule has 1 fully saturated rings. The molecule has 1 saturated heterocycles. The molecule has 0 aromatic carbocycles. The van der Waals surface area contributed by atoms with Crippen molar-refractivity contribution in [2.75, 3.05) is 27.4 Å². The number of aryl methyl sites for hydroxylation is 1. The van der Waals surface area contributed by atoms with Gasteiger partial charge in [0.2, 0.25) is 0 Å². The lowest BCUT2D eigenvalue weighted by Gasteiger charge is -2.18. The smallest absolute Gasteiger partial charge is 0.330 e. The van der Waals surface area contributed by atoms with Gasteiger partial charge in [-0.1, -0.05) is 91.0 Å². The van der Waals surface area contributed by atoms with Crippen LogP contribution in [0, 0.1) is 19.3 Å². The van der Waals surface area contributed by atoms with E-state index in [1.807, 2.05) is 69.2 Å². The number of unbranched alkanes of at least 4 members (excludes halogenated alkanes) is 1. The van der Waals surface area contributed by atoms with Gasteiger partial charge in [0, 0.05) is 44.3 Å². The molecule has 0 spiro atoms. The summed E-state index contributed by atoms with van der Waals surface area (Å²) >= 11 is 0. The Hall–Kier alpha value is -2.59. The van der Waals surface area contributed by atoms with E-state index < -0.39 is 43.2 Å². The Kier molecular flexibility index (Phi) is 80.8. The summed E-state index contributed by atoms with van der Waals surface area (Å²) < 4.78 is 28.3. The van der Waals surface area contributed by atoms with Crippen molar-refractivity contribution in [3.05, 3.63) is 32.6 Å². The number of nitrogens with two attached hydrogens (primary N) is 1. The van der Waals surface area contributed by atoms with Crippen molar-refractivity contribution in [2.45, 2.75) is 156 Å². The number of rotatable bonds is 6. The second-order valence-electron chi connectivity index (χ2n) is 7.57. The van der Waals surface area contributed by atoms with Crippen molar-refractivity contribution in [1.82, 2.24) is 9.55 Å². The Morgan fingerprint density at radius 2 is 1.43 bits per heavy atom. The average molecular weight is 733 g/mol. The second-order valence-corrected chi connectivity index (χ2v) is 9.43. The summed E-state index contributed by atoms with van der Waals surface area (Å²) in [5.41, 5.74) is 3.85. The second kappa shape index (κ2) is 54.8. The van der Waals surface area contributed by atoms with Gasteiger partial charge in [0.1, 0.15) is 18.1 Å². The number of hydrogen-bond acceptors (Lipinski definition) is 10. The van der Waals surface area contributed by atoms with Gasteiger partial charge in [0.25, 0.3) is 5.56 Å². The molecular formula is C35H79N3O10P-. The van der Waals surface area contributed by atoms with E-state index in [9.17, 15) is 23.8 Å². The maximum absolute atomic E-state index is 11.9. The number of ether oxygens (including phenoxy) is 2. The van der Waals surface area contributed by atoms with E-state index in [4.69, 9.17) is 30.3 Å². The molecule has 1 aliphatic rings. The molecule has 1 aromatic rings. The number of carbonyl (C=O) groups excluding carboxylic acids is 2. The Bertz CT molecular complexity index is 981. The largest absolute Gasteiger partial charge is 0.550 e. The fourth-order valence-corrected chi connectivity index (χ4v) is 2.85. The van der Waals surface area contributed by atoms with Gasteiger partial charge in [-0.3, -0.25) is 18.9 Å². The molecule has 1 aromatic heterocycles. The first-order valence-corrected chi connectivity index (χ1v) is 18.2. The number of nitrogens with zero attached hydrogens (tertiary/aromatic N) is 1. The number of carboxylic acid groups (broad SMARTS) is 1. The van der Waals surface area contributed by atoms with Crippen molar-refractivity contribution < 1.29 is 38.2 Å². The zero-order valence-electron chi connectivity index (χ0n) is 32.8. The highest BCUT2D eigenvalue weighted by Crippen LogP contribution is 2.39. The molecule has 0 aliphatic carbocycles. The Morgan fingerprint density at radius 1 is 1.06 bits per heavy atom. The van der Waals surface area contributed by atoms with E-state index in [0.717, 1.165) is 26.4 Å². The normalized spacial score (nSPS) is 14.9. The molecule has 4 atom stereocenters. The molecule has 14 heteroatoms. The molecule has 0 radical (unpaired) electrons. The number of hydrogen-bond donors (Lipinski definition) is 3. The zero-order valence-corrected chi connectivity index (χ0v) is 33.7. The average Bonchev–Trinajstić information content (AvgIpc) is 3.47. The van der Waals surface area contributed by atoms with Crippen LogP contribution in [0.4, 0.5) is 0 Å². The topological polar surface area (TPSA) is 203 Å². The lowest BCUT2D eigenvalue weighted by atomic mass is 10.2. The molecule has 0 saturated carbocycles. The summed E-state index contributed by atoms with van der Waals surface area (Å²) in [4.78, 5) is 53.0. The minimum Gasteiger partial charge on any atom is -0.550 e. The van der Waals surface area contributed by atoms with Gasteiger partial charge in [-0.2, -0.15) is 0 Å². The lowest BCUT2D eigenvalue weighted by molar-refractivity contribution is -0.302. The third kappa shape index (κ3) is 55.1. The van der Waals surface area contributed by atoms with Crippen LogP contribution in [0.3, 0.4) is 0 Å². The summed E-state index contributed by atoms with van der Waals surface area (Å²) in [6, 6.07) is 0. The van der Waals surface area contributed by atoms with Crippen LogP contribution in [-0.2, 0) is 28.2 Å². The highest BCUT2D eigenvalue weighted by molar-refractivity contribution is 7.51. The fourth-order valence-electron chi connectivity index (χ4n) is 2.43. The summed E-state index contributed by atoms with van der Waals surface area (Å²) in [5.74, 6) is 1.60. The van der Waals surface area contributed by atoms with Crippen molar-refractivity contribution in [2.24, 2.45) is 5.73 Å². The molecule has 1 aliphatic heterocycles. The number of carbonyl (C=O) groups is 2. The third-order valence-electron chi connectivity index (χ3n) is 3.81. The molecule has 300 valence electrons. The Labute approximate surface area is 301 Å². The van der Waals surface area contributed by atoms with Gasteiger partial charge in [-0.05, 0) is 41.2 Å². The van der Waals surface area contributed by atoms with Crippen molar-refractivity contribution >= 4 is 19.3 Å². The van der Waals surface area contributed by atoms with Gasteiger partial charge in [-0.15, -0.1) is 12.3 Å². The molecule has 13 nitrogen and oxygen atoms in total.